The summed E-state index contributed by atoms with van der Waals surface area (Å²) in [5.74, 6) is 1.22. The summed E-state index contributed by atoms with van der Waals surface area (Å²) in [5.41, 5.74) is 1.39. The Morgan fingerprint density at radius 3 is 2.67 bits per heavy atom. The second-order valence-corrected chi connectivity index (χ2v) is 4.71. The fourth-order valence-electron chi connectivity index (χ4n) is 1.33. The zero-order valence-corrected chi connectivity index (χ0v) is 8.99. The predicted molar refractivity (Wildman–Crippen MR) is 57.1 cm³/mol. The van der Waals surface area contributed by atoms with Crippen LogP contribution in [0.25, 0.3) is 0 Å². The molecule has 64 valence electrons. The highest BCUT2D eigenvalue weighted by molar-refractivity contribution is 9.10. The highest BCUT2D eigenvalue weighted by Gasteiger charge is 2.15. The van der Waals surface area contributed by atoms with Gasteiger partial charge in [0, 0.05) is 16.3 Å². The summed E-state index contributed by atoms with van der Waals surface area (Å²) in [5, 5.41) is 0. The minimum atomic E-state index is 0.558. The van der Waals surface area contributed by atoms with Gasteiger partial charge in [0.2, 0.25) is 0 Å². The molecule has 2 rings (SSSR count). The molecule has 1 aromatic rings. The van der Waals surface area contributed by atoms with E-state index in [0.29, 0.717) is 6.04 Å². The van der Waals surface area contributed by atoms with Crippen molar-refractivity contribution in [1.29, 1.82) is 0 Å². The summed E-state index contributed by atoms with van der Waals surface area (Å²) in [6, 6.07) is 9.10. The second-order valence-electron chi connectivity index (χ2n) is 2.86. The summed E-state index contributed by atoms with van der Waals surface area (Å²) >= 11 is 5.25. The molecule has 0 saturated carbocycles. The summed E-state index contributed by atoms with van der Waals surface area (Å²) in [4.78, 5) is 0. The fourth-order valence-corrected chi connectivity index (χ4v) is 2.52. The van der Waals surface area contributed by atoms with Crippen LogP contribution in [-0.2, 0) is 0 Å². The summed E-state index contributed by atoms with van der Waals surface area (Å²) < 4.78 is 4.54. The molecule has 1 atom stereocenters. The Hall–Kier alpha value is 0.01000. The maximum Gasteiger partial charge on any atom is 0.0429 e. The van der Waals surface area contributed by atoms with E-state index in [1.54, 1.807) is 0 Å². The van der Waals surface area contributed by atoms with Crippen molar-refractivity contribution in [3.63, 3.8) is 0 Å². The lowest BCUT2D eigenvalue weighted by atomic mass is 10.1. The standard InChI is InChI=1S/C9H10BrNS/c10-8-3-1-7(2-4-8)9-5-6-12-11-9/h1-4,9,11H,5-6H2. The van der Waals surface area contributed by atoms with E-state index in [4.69, 9.17) is 0 Å². The van der Waals surface area contributed by atoms with Gasteiger partial charge in [-0.25, -0.2) is 0 Å². The van der Waals surface area contributed by atoms with Crippen LogP contribution in [0.5, 0.6) is 0 Å². The Morgan fingerprint density at radius 2 is 2.08 bits per heavy atom. The molecule has 1 aliphatic rings. The van der Waals surface area contributed by atoms with Gasteiger partial charge in [-0.1, -0.05) is 40.0 Å². The molecule has 0 amide bonds. The maximum absolute atomic E-state index is 3.43. The van der Waals surface area contributed by atoms with Crippen molar-refractivity contribution in [3.05, 3.63) is 34.3 Å². The first kappa shape index (κ1) is 8.60. The highest BCUT2D eigenvalue weighted by atomic mass is 79.9. The Bertz CT molecular complexity index is 254. The Kier molecular flexibility index (Phi) is 2.73. The monoisotopic (exact) mass is 243 g/mol. The molecular formula is C9H10BrNS. The Balaban J connectivity index is 2.17. The second kappa shape index (κ2) is 3.81. The molecule has 1 heterocycles. The minimum Gasteiger partial charge on any atom is -0.257 e. The van der Waals surface area contributed by atoms with Crippen molar-refractivity contribution < 1.29 is 0 Å². The van der Waals surface area contributed by atoms with Gasteiger partial charge < -0.3 is 0 Å². The van der Waals surface area contributed by atoms with Gasteiger partial charge in [-0.3, -0.25) is 4.72 Å². The first-order valence-electron chi connectivity index (χ1n) is 3.99. The average Bonchev–Trinajstić information content (AvgIpc) is 2.58. The van der Waals surface area contributed by atoms with Crippen molar-refractivity contribution >= 4 is 27.9 Å². The zero-order chi connectivity index (χ0) is 8.39. The van der Waals surface area contributed by atoms with E-state index in [9.17, 15) is 0 Å². The third-order valence-corrected chi connectivity index (χ3v) is 3.43. The zero-order valence-electron chi connectivity index (χ0n) is 6.59. The molecule has 0 spiro atoms. The van der Waals surface area contributed by atoms with Gasteiger partial charge in [0.15, 0.2) is 0 Å². The van der Waals surface area contributed by atoms with Crippen LogP contribution in [0.4, 0.5) is 0 Å². The van der Waals surface area contributed by atoms with E-state index in [1.807, 2.05) is 11.9 Å². The van der Waals surface area contributed by atoms with E-state index in [1.165, 1.54) is 17.7 Å². The van der Waals surface area contributed by atoms with Crippen molar-refractivity contribution in [2.45, 2.75) is 12.5 Å². The number of nitrogens with one attached hydrogen (secondary N) is 1. The highest BCUT2D eigenvalue weighted by Crippen LogP contribution is 2.27. The van der Waals surface area contributed by atoms with Crippen LogP contribution in [0.1, 0.15) is 18.0 Å². The summed E-state index contributed by atoms with van der Waals surface area (Å²) in [6.45, 7) is 0. The quantitative estimate of drug-likeness (QED) is 0.761. The normalized spacial score (nSPS) is 22.9. The molecule has 1 unspecified atom stereocenters. The molecule has 0 radical (unpaired) electrons. The van der Waals surface area contributed by atoms with Crippen LogP contribution in [-0.4, -0.2) is 5.75 Å². The van der Waals surface area contributed by atoms with Crippen LogP contribution in [0.3, 0.4) is 0 Å². The molecule has 1 saturated heterocycles. The number of hydrogen-bond donors (Lipinski definition) is 1. The smallest absolute Gasteiger partial charge is 0.0429 e. The molecule has 3 heteroatoms. The van der Waals surface area contributed by atoms with Gasteiger partial charge >= 0.3 is 0 Å². The van der Waals surface area contributed by atoms with Crippen LogP contribution >= 0.6 is 27.9 Å². The number of halogens is 1. The first-order valence-corrected chi connectivity index (χ1v) is 5.77. The summed E-state index contributed by atoms with van der Waals surface area (Å²) in [6.07, 6.45) is 1.24. The van der Waals surface area contributed by atoms with Crippen LogP contribution < -0.4 is 4.72 Å². The van der Waals surface area contributed by atoms with Gasteiger partial charge in [-0.05, 0) is 24.1 Å². The molecule has 12 heavy (non-hydrogen) atoms. The number of rotatable bonds is 1. The number of benzene rings is 1. The lowest BCUT2D eigenvalue weighted by Crippen LogP contribution is -2.06. The third kappa shape index (κ3) is 1.84. The van der Waals surface area contributed by atoms with E-state index < -0.39 is 0 Å². The van der Waals surface area contributed by atoms with Crippen molar-refractivity contribution in [2.24, 2.45) is 0 Å². The average molecular weight is 244 g/mol. The molecule has 1 fully saturated rings. The van der Waals surface area contributed by atoms with Gasteiger partial charge in [-0.15, -0.1) is 0 Å². The van der Waals surface area contributed by atoms with Crippen LogP contribution in [0.15, 0.2) is 28.7 Å². The van der Waals surface area contributed by atoms with Gasteiger partial charge in [0.25, 0.3) is 0 Å². The van der Waals surface area contributed by atoms with E-state index >= 15 is 0 Å². The molecule has 1 aliphatic heterocycles. The first-order chi connectivity index (χ1) is 5.86. The molecule has 0 bridgehead atoms. The fraction of sp³-hybridized carbons (Fsp3) is 0.333. The lowest BCUT2D eigenvalue weighted by molar-refractivity contribution is 0.692. The molecular weight excluding hydrogens is 234 g/mol. The Morgan fingerprint density at radius 1 is 1.33 bits per heavy atom. The third-order valence-electron chi connectivity index (χ3n) is 2.01. The predicted octanol–water partition coefficient (Wildman–Crippen LogP) is 3.13. The van der Waals surface area contributed by atoms with Gasteiger partial charge in [-0.2, -0.15) is 0 Å². The van der Waals surface area contributed by atoms with Crippen molar-refractivity contribution in [2.75, 3.05) is 5.75 Å². The Labute approximate surface area is 85.2 Å². The largest absolute Gasteiger partial charge is 0.257 e. The van der Waals surface area contributed by atoms with Gasteiger partial charge in [0.1, 0.15) is 0 Å². The topological polar surface area (TPSA) is 12.0 Å². The van der Waals surface area contributed by atoms with E-state index in [-0.39, 0.29) is 0 Å². The molecule has 1 aromatic carbocycles. The summed E-state index contributed by atoms with van der Waals surface area (Å²) in [7, 11) is 0. The molecule has 1 nitrogen and oxygen atoms in total. The molecule has 1 N–H and O–H groups in total. The van der Waals surface area contributed by atoms with Gasteiger partial charge in [0.05, 0.1) is 0 Å². The number of hydrogen-bond acceptors (Lipinski definition) is 2. The van der Waals surface area contributed by atoms with E-state index in [2.05, 4.69) is 44.9 Å². The van der Waals surface area contributed by atoms with Crippen molar-refractivity contribution in [1.82, 2.24) is 4.72 Å². The van der Waals surface area contributed by atoms with Crippen molar-refractivity contribution in [3.8, 4) is 0 Å². The van der Waals surface area contributed by atoms with Crippen LogP contribution in [0, 0.1) is 0 Å². The van der Waals surface area contributed by atoms with Crippen LogP contribution in [0.2, 0.25) is 0 Å². The molecule has 0 aromatic heterocycles. The molecule has 0 aliphatic carbocycles. The van der Waals surface area contributed by atoms with E-state index in [0.717, 1.165) is 4.47 Å². The maximum atomic E-state index is 3.43. The minimum absolute atomic E-state index is 0.558. The lowest BCUT2D eigenvalue weighted by Gasteiger charge is -2.08. The SMILES string of the molecule is Brc1ccc(C2CCSN2)cc1.